The van der Waals surface area contributed by atoms with Gasteiger partial charge in [-0.15, -0.1) is 5.10 Å². The minimum absolute atomic E-state index is 0. The molecule has 82 valence electrons. The fourth-order valence-corrected chi connectivity index (χ4v) is 1.45. The Bertz CT molecular complexity index is 429. The number of benzene rings is 1. The molecule has 2 aromatic rings. The molecule has 15 heavy (non-hydrogen) atoms. The van der Waals surface area contributed by atoms with E-state index in [2.05, 4.69) is 22.9 Å². The summed E-state index contributed by atoms with van der Waals surface area (Å²) in [4.78, 5) is 4.06. The molecule has 1 heterocycles. The summed E-state index contributed by atoms with van der Waals surface area (Å²) in [5.41, 5.74) is 6.60. The summed E-state index contributed by atoms with van der Waals surface area (Å²) in [6.45, 7) is 0. The van der Waals surface area contributed by atoms with Gasteiger partial charge in [0.25, 0.3) is 0 Å². The van der Waals surface area contributed by atoms with E-state index in [1.54, 1.807) is 0 Å². The summed E-state index contributed by atoms with van der Waals surface area (Å²) in [5.74, 6) is 1.00. The van der Waals surface area contributed by atoms with Crippen molar-refractivity contribution in [2.75, 3.05) is 5.73 Å². The Kier molecular flexibility index (Phi) is 4.41. The maximum atomic E-state index is 5.44. The van der Waals surface area contributed by atoms with Gasteiger partial charge in [0, 0.05) is 6.42 Å². The number of anilines is 1. The average Bonchev–Trinajstić information content (AvgIpc) is 2.47. The Morgan fingerprint density at radius 2 is 1.93 bits per heavy atom. The molecule has 2 rings (SSSR count). The van der Waals surface area contributed by atoms with Crippen molar-refractivity contribution < 1.29 is 22.4 Å². The molecule has 2 N–H and O–H groups in total. The molecule has 1 aromatic carbocycles. The SMILES string of the molecule is Nc1nc(Cc2ccccc2)n(S)n1.[Ag+]. The Morgan fingerprint density at radius 3 is 2.47 bits per heavy atom. The van der Waals surface area contributed by atoms with Gasteiger partial charge < -0.3 is 5.73 Å². The number of aromatic nitrogens is 3. The molecule has 0 saturated carbocycles. The normalized spacial score (nSPS) is 9.67. The topological polar surface area (TPSA) is 56.7 Å². The summed E-state index contributed by atoms with van der Waals surface area (Å²) in [7, 11) is 0. The van der Waals surface area contributed by atoms with Gasteiger partial charge in [0.2, 0.25) is 5.95 Å². The molecule has 0 amide bonds. The van der Waals surface area contributed by atoms with Crippen LogP contribution in [0.15, 0.2) is 30.3 Å². The molecule has 0 atom stereocenters. The van der Waals surface area contributed by atoms with Crippen LogP contribution >= 0.6 is 12.8 Å². The predicted molar refractivity (Wildman–Crippen MR) is 58.1 cm³/mol. The first-order valence-corrected chi connectivity index (χ1v) is 4.60. The number of thiol groups is 1. The van der Waals surface area contributed by atoms with Crippen molar-refractivity contribution in [1.82, 2.24) is 14.2 Å². The first kappa shape index (κ1) is 12.3. The molecule has 0 radical (unpaired) electrons. The quantitative estimate of drug-likeness (QED) is 0.646. The minimum Gasteiger partial charge on any atom is -0.366 e. The number of nitrogens with two attached hydrogens (primary N) is 1. The molecule has 0 saturated heterocycles. The van der Waals surface area contributed by atoms with Crippen LogP contribution in [0.1, 0.15) is 11.4 Å². The van der Waals surface area contributed by atoms with E-state index in [-0.39, 0.29) is 28.3 Å². The molecule has 0 aliphatic carbocycles. The van der Waals surface area contributed by atoms with Crippen LogP contribution in [0.4, 0.5) is 5.95 Å². The molecule has 0 aliphatic rings. The van der Waals surface area contributed by atoms with Gasteiger partial charge >= 0.3 is 22.4 Å². The number of rotatable bonds is 2. The molecular formula is C9H10AgN4S+. The van der Waals surface area contributed by atoms with Crippen molar-refractivity contribution in [3.05, 3.63) is 41.7 Å². The van der Waals surface area contributed by atoms with E-state index in [9.17, 15) is 0 Å². The predicted octanol–water partition coefficient (Wildman–Crippen LogP) is 1.14. The molecule has 0 bridgehead atoms. The van der Waals surface area contributed by atoms with Crippen molar-refractivity contribution >= 4 is 18.8 Å². The van der Waals surface area contributed by atoms with E-state index in [0.29, 0.717) is 6.42 Å². The zero-order valence-electron chi connectivity index (χ0n) is 7.76. The van der Waals surface area contributed by atoms with Gasteiger partial charge in [0.1, 0.15) is 5.82 Å². The van der Waals surface area contributed by atoms with Crippen molar-refractivity contribution in [3.8, 4) is 0 Å². The monoisotopic (exact) mass is 313 g/mol. The summed E-state index contributed by atoms with van der Waals surface area (Å²) in [6.07, 6.45) is 0.689. The van der Waals surface area contributed by atoms with Crippen LogP contribution in [0.25, 0.3) is 0 Å². The van der Waals surface area contributed by atoms with Gasteiger partial charge in [-0.2, -0.15) is 9.07 Å². The van der Waals surface area contributed by atoms with Crippen molar-refractivity contribution in [3.63, 3.8) is 0 Å². The van der Waals surface area contributed by atoms with Gasteiger partial charge in [-0.3, -0.25) is 0 Å². The first-order valence-electron chi connectivity index (χ1n) is 4.20. The third-order valence-electron chi connectivity index (χ3n) is 1.88. The second-order valence-electron chi connectivity index (χ2n) is 2.94. The second-order valence-corrected chi connectivity index (χ2v) is 3.32. The first-order chi connectivity index (χ1) is 6.75. The standard InChI is InChI=1S/C9H10N4S.Ag/c10-9-11-8(13(14)12-9)6-7-4-2-1-3-5-7;/h1-5,14H,6H2,(H2,10,12);/q;+1. The number of hydrogen-bond acceptors (Lipinski definition) is 4. The van der Waals surface area contributed by atoms with Crippen LogP contribution in [0.3, 0.4) is 0 Å². The maximum Gasteiger partial charge on any atom is 1.00 e. The average molecular weight is 314 g/mol. The van der Waals surface area contributed by atoms with Gasteiger partial charge in [-0.05, 0) is 18.4 Å². The summed E-state index contributed by atoms with van der Waals surface area (Å²) in [5, 5.41) is 3.85. The Labute approximate surface area is 109 Å². The van der Waals surface area contributed by atoms with E-state index in [1.165, 1.54) is 4.09 Å². The summed E-state index contributed by atoms with van der Waals surface area (Å²) in [6, 6.07) is 10.00. The zero-order chi connectivity index (χ0) is 9.97. The van der Waals surface area contributed by atoms with Crippen molar-refractivity contribution in [2.45, 2.75) is 6.42 Å². The molecule has 0 fully saturated rings. The third-order valence-corrected chi connectivity index (χ3v) is 2.20. The number of hydrogen-bond donors (Lipinski definition) is 2. The maximum absolute atomic E-state index is 5.44. The van der Waals surface area contributed by atoms with E-state index in [0.717, 1.165) is 11.4 Å². The van der Waals surface area contributed by atoms with Crippen LogP contribution in [0.5, 0.6) is 0 Å². The van der Waals surface area contributed by atoms with Crippen molar-refractivity contribution in [1.29, 1.82) is 0 Å². The van der Waals surface area contributed by atoms with Crippen LogP contribution in [0.2, 0.25) is 0 Å². The molecule has 0 spiro atoms. The molecular weight excluding hydrogens is 304 g/mol. The van der Waals surface area contributed by atoms with Gasteiger partial charge in [0.05, 0.1) is 0 Å². The fourth-order valence-electron chi connectivity index (χ4n) is 1.24. The third kappa shape index (κ3) is 3.10. The molecule has 0 unspecified atom stereocenters. The van der Waals surface area contributed by atoms with Crippen LogP contribution < -0.4 is 5.73 Å². The second kappa shape index (κ2) is 5.37. The van der Waals surface area contributed by atoms with Gasteiger partial charge in [-0.1, -0.05) is 30.3 Å². The van der Waals surface area contributed by atoms with Gasteiger partial charge in [-0.25, -0.2) is 0 Å². The Morgan fingerprint density at radius 1 is 1.27 bits per heavy atom. The Balaban J connectivity index is 0.00000112. The zero-order valence-corrected chi connectivity index (χ0v) is 10.1. The molecule has 1 aromatic heterocycles. The number of nitrogens with zero attached hydrogens (tertiary/aromatic N) is 3. The van der Waals surface area contributed by atoms with E-state index in [1.807, 2.05) is 30.3 Å². The van der Waals surface area contributed by atoms with Gasteiger partial charge in [0.15, 0.2) is 0 Å². The largest absolute Gasteiger partial charge is 1.00 e. The summed E-state index contributed by atoms with van der Waals surface area (Å²) < 4.78 is 1.41. The Hall–Kier alpha value is -0.750. The van der Waals surface area contributed by atoms with Crippen LogP contribution in [-0.2, 0) is 28.8 Å². The van der Waals surface area contributed by atoms with E-state index in [4.69, 9.17) is 5.73 Å². The molecule has 0 aliphatic heterocycles. The minimum atomic E-state index is 0. The number of nitrogen functional groups attached to an aromatic ring is 1. The summed E-state index contributed by atoms with van der Waals surface area (Å²) >= 11 is 4.11. The molecule has 4 nitrogen and oxygen atoms in total. The smallest absolute Gasteiger partial charge is 0.366 e. The van der Waals surface area contributed by atoms with E-state index >= 15 is 0 Å². The van der Waals surface area contributed by atoms with E-state index < -0.39 is 0 Å². The molecule has 6 heteroatoms. The van der Waals surface area contributed by atoms with Crippen LogP contribution in [-0.4, -0.2) is 14.2 Å². The fraction of sp³-hybridized carbons (Fsp3) is 0.111. The van der Waals surface area contributed by atoms with Crippen LogP contribution in [0, 0.1) is 0 Å². The van der Waals surface area contributed by atoms with Crippen molar-refractivity contribution in [2.24, 2.45) is 0 Å².